The third-order valence-corrected chi connectivity index (χ3v) is 6.63. The molecule has 0 aromatic carbocycles. The molecule has 0 bridgehead atoms. The molecule has 0 radical (unpaired) electrons. The Kier molecular flexibility index (Phi) is 16.3. The molecule has 1 heterocycles. The van der Waals surface area contributed by atoms with Gasteiger partial charge in [-0.1, -0.05) is 83.3 Å². The normalized spacial score (nSPS) is 21.3. The molecule has 0 aromatic heterocycles. The summed E-state index contributed by atoms with van der Waals surface area (Å²) in [6, 6.07) is 0. The summed E-state index contributed by atoms with van der Waals surface area (Å²) in [7, 11) is 0. The lowest BCUT2D eigenvalue weighted by atomic mass is 10.1. The smallest absolute Gasteiger partial charge is 0.166 e. The Balaban J connectivity index is 1.87. The van der Waals surface area contributed by atoms with Crippen molar-refractivity contribution in [3.05, 3.63) is 24.6 Å². The highest BCUT2D eigenvalue weighted by atomic mass is 16.3. The van der Waals surface area contributed by atoms with Crippen molar-refractivity contribution in [2.45, 2.75) is 123 Å². The Bertz CT molecular complexity index is 421. The predicted octanol–water partition coefficient (Wildman–Crippen LogP) is 7.03. The van der Waals surface area contributed by atoms with Crippen molar-refractivity contribution < 1.29 is 9.59 Å². The minimum atomic E-state index is 0.268. The zero-order valence-corrected chi connectivity index (χ0v) is 19.7. The van der Waals surface area contributed by atoms with Crippen molar-refractivity contribution in [3.63, 3.8) is 0 Å². The molecule has 3 nitrogen and oxygen atoms in total. The van der Waals surface area contributed by atoms with E-state index in [1.165, 1.54) is 103 Å². The van der Waals surface area contributed by atoms with Crippen LogP contribution in [0.1, 0.15) is 117 Å². The largest absolute Gasteiger partial charge is 0.390 e. The second kappa shape index (κ2) is 18.0. The first-order chi connectivity index (χ1) is 14.3. The first-order valence-corrected chi connectivity index (χ1v) is 12.8. The Morgan fingerprint density at radius 3 is 1.90 bits per heavy atom. The average Bonchev–Trinajstić information content (AvgIpc) is 3.13. The molecular formula is C26H51N2O+. The van der Waals surface area contributed by atoms with Gasteiger partial charge in [0.1, 0.15) is 12.7 Å². The summed E-state index contributed by atoms with van der Waals surface area (Å²) < 4.78 is 0.906. The van der Waals surface area contributed by atoms with Crippen molar-refractivity contribution in [3.8, 4) is 0 Å². The summed E-state index contributed by atoms with van der Waals surface area (Å²) >= 11 is 0. The van der Waals surface area contributed by atoms with Crippen LogP contribution in [-0.4, -0.2) is 35.5 Å². The van der Waals surface area contributed by atoms with Gasteiger partial charge in [-0.15, -0.1) is 0 Å². The van der Waals surface area contributed by atoms with E-state index in [4.69, 9.17) is 0 Å². The van der Waals surface area contributed by atoms with Crippen LogP contribution in [0.25, 0.3) is 0 Å². The zero-order valence-electron chi connectivity index (χ0n) is 19.7. The molecule has 0 spiro atoms. The highest BCUT2D eigenvalue weighted by Gasteiger charge is 2.35. The topological polar surface area (TPSA) is 32.3 Å². The molecule has 0 aliphatic carbocycles. The second-order valence-electron chi connectivity index (χ2n) is 8.94. The number of hydrogen-bond donors (Lipinski definition) is 2. The number of unbranched alkanes of at least 4 members (excludes halogenated alkanes) is 13. The maximum absolute atomic E-state index is 9.38. The number of nitrogens with zero attached hydrogens (tertiary/aromatic N) is 1. The Labute approximate surface area is 182 Å². The first kappa shape index (κ1) is 26.2. The van der Waals surface area contributed by atoms with E-state index in [9.17, 15) is 5.11 Å². The Morgan fingerprint density at radius 2 is 1.34 bits per heavy atom. The molecule has 0 amide bonds. The minimum Gasteiger partial charge on any atom is -0.390 e. The van der Waals surface area contributed by atoms with Crippen LogP contribution in [0.2, 0.25) is 0 Å². The van der Waals surface area contributed by atoms with Gasteiger partial charge in [-0.3, -0.25) is 4.48 Å². The highest BCUT2D eigenvalue weighted by Crippen LogP contribution is 2.22. The van der Waals surface area contributed by atoms with Crippen molar-refractivity contribution >= 4 is 0 Å². The molecule has 0 saturated heterocycles. The maximum Gasteiger partial charge on any atom is 0.166 e. The fraction of sp³-hybridized carbons (Fsp3) is 0.846. The zero-order chi connectivity index (χ0) is 21.0. The molecule has 0 aromatic rings. The van der Waals surface area contributed by atoms with Crippen LogP contribution in [0.3, 0.4) is 0 Å². The molecular weight excluding hydrogens is 356 g/mol. The van der Waals surface area contributed by atoms with Gasteiger partial charge in [0.2, 0.25) is 0 Å². The monoisotopic (exact) mass is 407 g/mol. The van der Waals surface area contributed by atoms with E-state index in [1.807, 2.05) is 0 Å². The molecule has 1 rings (SSSR count). The van der Waals surface area contributed by atoms with Gasteiger partial charge < -0.3 is 10.4 Å². The van der Waals surface area contributed by atoms with E-state index in [-0.39, 0.29) is 6.61 Å². The van der Waals surface area contributed by atoms with Gasteiger partial charge in [0.25, 0.3) is 0 Å². The van der Waals surface area contributed by atoms with Crippen molar-refractivity contribution in [2.24, 2.45) is 0 Å². The van der Waals surface area contributed by atoms with Crippen LogP contribution >= 0.6 is 0 Å². The van der Waals surface area contributed by atoms with Crippen LogP contribution < -0.4 is 5.32 Å². The lowest BCUT2D eigenvalue weighted by molar-refractivity contribution is -0.900. The molecule has 1 aliphatic heterocycles. The van der Waals surface area contributed by atoms with E-state index in [1.54, 1.807) is 0 Å². The van der Waals surface area contributed by atoms with Crippen LogP contribution in [0.15, 0.2) is 24.6 Å². The van der Waals surface area contributed by atoms with Crippen LogP contribution in [-0.2, 0) is 0 Å². The van der Waals surface area contributed by atoms with E-state index in [0.29, 0.717) is 6.17 Å². The van der Waals surface area contributed by atoms with E-state index in [2.05, 4.69) is 43.7 Å². The van der Waals surface area contributed by atoms with Crippen molar-refractivity contribution in [1.82, 2.24) is 5.32 Å². The third-order valence-electron chi connectivity index (χ3n) is 6.63. The van der Waals surface area contributed by atoms with Gasteiger partial charge in [-0.2, -0.15) is 0 Å². The predicted molar refractivity (Wildman–Crippen MR) is 128 cm³/mol. The summed E-state index contributed by atoms with van der Waals surface area (Å²) in [4.78, 5) is 0. The van der Waals surface area contributed by atoms with E-state index < -0.39 is 0 Å². The summed E-state index contributed by atoms with van der Waals surface area (Å²) in [5, 5.41) is 12.9. The first-order valence-electron chi connectivity index (χ1n) is 12.8. The van der Waals surface area contributed by atoms with Gasteiger partial charge in [0, 0.05) is 6.42 Å². The molecule has 2 N–H and O–H groups in total. The summed E-state index contributed by atoms with van der Waals surface area (Å²) in [6.45, 7) is 6.67. The highest BCUT2D eigenvalue weighted by molar-refractivity contribution is 4.84. The van der Waals surface area contributed by atoms with Gasteiger partial charge in [0.05, 0.1) is 19.4 Å². The molecule has 2 atom stereocenters. The summed E-state index contributed by atoms with van der Waals surface area (Å²) in [6.07, 6.45) is 31.4. The molecule has 3 heteroatoms. The number of quaternary nitrogens is 1. The van der Waals surface area contributed by atoms with E-state index >= 15 is 0 Å². The lowest BCUT2D eigenvalue weighted by Crippen LogP contribution is -2.54. The average molecular weight is 408 g/mol. The molecule has 170 valence electrons. The molecule has 29 heavy (non-hydrogen) atoms. The fourth-order valence-corrected chi connectivity index (χ4v) is 4.56. The van der Waals surface area contributed by atoms with Crippen molar-refractivity contribution in [2.75, 3.05) is 19.7 Å². The number of aliphatic hydroxyl groups is 1. The molecule has 0 saturated carbocycles. The minimum absolute atomic E-state index is 0.268. The molecule has 2 unspecified atom stereocenters. The number of rotatable bonds is 20. The molecule has 0 fully saturated rings. The maximum atomic E-state index is 9.38. The van der Waals surface area contributed by atoms with Gasteiger partial charge in [0.15, 0.2) is 6.17 Å². The Hall–Kier alpha value is -0.800. The van der Waals surface area contributed by atoms with Crippen LogP contribution in [0.4, 0.5) is 0 Å². The van der Waals surface area contributed by atoms with Crippen LogP contribution in [0, 0.1) is 0 Å². The Morgan fingerprint density at radius 1 is 0.793 bits per heavy atom. The number of likely N-dealkylation sites (N-methyl/N-ethyl adjacent to an activating group) is 1. The SMILES string of the molecule is CCCCCCCC/C=C/CCCCCCCCCC1NC=C[N+]1(CC)CCO. The van der Waals surface area contributed by atoms with Gasteiger partial charge in [-0.05, 0) is 39.0 Å². The number of nitrogens with one attached hydrogen (secondary N) is 1. The number of hydrogen-bond acceptors (Lipinski definition) is 2. The van der Waals surface area contributed by atoms with Gasteiger partial charge >= 0.3 is 0 Å². The number of aliphatic hydroxyl groups excluding tert-OH is 1. The fourth-order valence-electron chi connectivity index (χ4n) is 4.56. The number of allylic oxidation sites excluding steroid dienone is 2. The van der Waals surface area contributed by atoms with Crippen LogP contribution in [0.5, 0.6) is 0 Å². The lowest BCUT2D eigenvalue weighted by Gasteiger charge is -2.36. The van der Waals surface area contributed by atoms with Crippen molar-refractivity contribution in [1.29, 1.82) is 0 Å². The standard InChI is InChI=1S/C26H51N2O/c1-3-5-6-7-8-9-10-11-12-13-14-15-16-17-18-19-20-21-26-27-22-23-28(26,4-2)24-25-29/h11-12,22-23,26-27,29H,3-10,13-21,24-25H2,1-2H3/q+1/b12-11+. The summed E-state index contributed by atoms with van der Waals surface area (Å²) in [5.74, 6) is 0. The summed E-state index contributed by atoms with van der Waals surface area (Å²) in [5.41, 5.74) is 0. The second-order valence-corrected chi connectivity index (χ2v) is 8.94. The third kappa shape index (κ3) is 11.8. The quantitative estimate of drug-likeness (QED) is 0.129. The van der Waals surface area contributed by atoms with Gasteiger partial charge in [-0.25, -0.2) is 0 Å². The van der Waals surface area contributed by atoms with E-state index in [0.717, 1.165) is 17.6 Å². The molecule has 1 aliphatic rings.